The van der Waals surface area contributed by atoms with Crippen molar-refractivity contribution in [1.82, 2.24) is 10.6 Å². The van der Waals surface area contributed by atoms with E-state index in [0.717, 1.165) is 13.5 Å². The van der Waals surface area contributed by atoms with E-state index in [1.807, 2.05) is 32.9 Å². The lowest BCUT2D eigenvalue weighted by Gasteiger charge is -2.19. The largest absolute Gasteiger partial charge is 0.465 e. The molecule has 0 aliphatic rings. The minimum atomic E-state index is -0.517. The van der Waals surface area contributed by atoms with Crippen molar-refractivity contribution in [1.29, 1.82) is 0 Å². The molecule has 2 heterocycles. The number of carbonyl (C=O) groups excluding carboxylic acids is 3. The van der Waals surface area contributed by atoms with Gasteiger partial charge in [-0.15, -0.1) is 22.7 Å². The van der Waals surface area contributed by atoms with E-state index in [4.69, 9.17) is 9.47 Å². The third kappa shape index (κ3) is 13.2. The second kappa shape index (κ2) is 13.0. The Morgan fingerprint density at radius 2 is 1.27 bits per heavy atom. The number of ether oxygens (including phenoxy) is 3. The van der Waals surface area contributed by atoms with Crippen molar-refractivity contribution in [3.8, 4) is 0 Å². The van der Waals surface area contributed by atoms with Crippen LogP contribution in [-0.2, 0) is 27.3 Å². The van der Waals surface area contributed by atoms with Crippen molar-refractivity contribution in [3.63, 3.8) is 0 Å². The molecular formula is C22H31BrN2O6S2. The summed E-state index contributed by atoms with van der Waals surface area (Å²) >= 11 is 6.24. The summed E-state index contributed by atoms with van der Waals surface area (Å²) in [5.41, 5.74) is -0.961. The zero-order valence-electron chi connectivity index (χ0n) is 19.9. The Morgan fingerprint density at radius 3 is 1.67 bits per heavy atom. The predicted octanol–water partition coefficient (Wildman–Crippen LogP) is 6.09. The van der Waals surface area contributed by atoms with Crippen molar-refractivity contribution in [3.05, 3.63) is 42.7 Å². The molecule has 0 saturated carbocycles. The molecule has 0 saturated heterocycles. The van der Waals surface area contributed by atoms with Gasteiger partial charge in [0, 0.05) is 9.75 Å². The molecule has 0 unspecified atom stereocenters. The Morgan fingerprint density at radius 1 is 0.818 bits per heavy atom. The Labute approximate surface area is 211 Å². The minimum Gasteiger partial charge on any atom is -0.465 e. The molecule has 2 aromatic heterocycles. The zero-order chi connectivity index (χ0) is 25.2. The predicted molar refractivity (Wildman–Crippen MR) is 134 cm³/mol. The van der Waals surface area contributed by atoms with Gasteiger partial charge in [0.15, 0.2) is 0 Å². The summed E-state index contributed by atoms with van der Waals surface area (Å²) in [6.07, 6.45) is -0.859. The maximum atomic E-state index is 11.4. The molecular weight excluding hydrogens is 532 g/mol. The number of hydrogen-bond donors (Lipinski definition) is 2. The van der Waals surface area contributed by atoms with E-state index in [9.17, 15) is 14.4 Å². The van der Waals surface area contributed by atoms with Crippen molar-refractivity contribution in [2.24, 2.45) is 0 Å². The molecule has 0 aromatic carbocycles. The van der Waals surface area contributed by atoms with Gasteiger partial charge < -0.3 is 24.8 Å². The van der Waals surface area contributed by atoms with Gasteiger partial charge in [-0.3, -0.25) is 0 Å². The number of halogens is 1. The summed E-state index contributed by atoms with van der Waals surface area (Å²) in [6.45, 7) is 11.8. The smallest absolute Gasteiger partial charge is 0.407 e. The van der Waals surface area contributed by atoms with E-state index in [1.165, 1.54) is 18.4 Å². The van der Waals surface area contributed by atoms with E-state index in [-0.39, 0.29) is 12.1 Å². The van der Waals surface area contributed by atoms with Gasteiger partial charge in [-0.25, -0.2) is 14.4 Å². The highest BCUT2D eigenvalue weighted by molar-refractivity contribution is 9.11. The number of amides is 2. The topological polar surface area (TPSA) is 103 Å². The third-order valence-corrected chi connectivity index (χ3v) is 5.98. The molecule has 0 bridgehead atoms. The first-order valence-electron chi connectivity index (χ1n) is 10.0. The standard InChI is InChI=1S/C12H17NO4S.C10H14BrNO2S/c1-12(2,3)17-11(15)13-7-8-5-6-9(18-8)10(14)16-4;1-10(2,3)14-9(13)12-6-7-4-5-8(11)15-7/h5-6H,7H2,1-4H3,(H,13,15);4-5H,6H2,1-3H3,(H,12,13). The molecule has 0 aliphatic carbocycles. The van der Waals surface area contributed by atoms with Gasteiger partial charge in [-0.1, -0.05) is 0 Å². The van der Waals surface area contributed by atoms with Crippen LogP contribution in [0.1, 0.15) is 61.0 Å². The van der Waals surface area contributed by atoms with Gasteiger partial charge in [-0.05, 0) is 81.7 Å². The number of carbonyl (C=O) groups is 3. The van der Waals surface area contributed by atoms with Crippen LogP contribution in [0.15, 0.2) is 28.1 Å². The fraction of sp³-hybridized carbons (Fsp3) is 0.500. The molecule has 0 aliphatic heterocycles. The van der Waals surface area contributed by atoms with E-state index in [2.05, 4.69) is 31.3 Å². The summed E-state index contributed by atoms with van der Waals surface area (Å²) in [5, 5.41) is 5.32. The van der Waals surface area contributed by atoms with Crippen LogP contribution in [0.3, 0.4) is 0 Å². The van der Waals surface area contributed by atoms with Crippen molar-refractivity contribution in [2.45, 2.75) is 65.8 Å². The SMILES string of the molecule is CC(C)(C)OC(=O)NCc1ccc(Br)s1.COC(=O)c1ccc(CNC(=O)OC(C)(C)C)s1. The Hall–Kier alpha value is -2.11. The van der Waals surface area contributed by atoms with Gasteiger partial charge in [0.05, 0.1) is 24.0 Å². The molecule has 2 aromatic rings. The molecule has 184 valence electrons. The Kier molecular flexibility index (Phi) is 11.4. The van der Waals surface area contributed by atoms with Gasteiger partial charge in [0.2, 0.25) is 0 Å². The summed E-state index contributed by atoms with van der Waals surface area (Å²) in [7, 11) is 1.33. The molecule has 2 rings (SSSR count). The van der Waals surface area contributed by atoms with E-state index in [0.29, 0.717) is 18.0 Å². The minimum absolute atomic E-state index is 0.330. The molecule has 11 heteroatoms. The van der Waals surface area contributed by atoms with E-state index >= 15 is 0 Å². The van der Waals surface area contributed by atoms with Crippen LogP contribution in [0, 0.1) is 0 Å². The Balaban J connectivity index is 0.000000335. The van der Waals surface area contributed by atoms with Crippen LogP contribution in [0.2, 0.25) is 0 Å². The molecule has 8 nitrogen and oxygen atoms in total. The molecule has 0 radical (unpaired) electrons. The first-order chi connectivity index (χ1) is 15.2. The highest BCUT2D eigenvalue weighted by Crippen LogP contribution is 2.22. The van der Waals surface area contributed by atoms with Gasteiger partial charge in [-0.2, -0.15) is 0 Å². The fourth-order valence-corrected chi connectivity index (χ4v) is 4.37. The van der Waals surface area contributed by atoms with E-state index in [1.54, 1.807) is 44.2 Å². The summed E-state index contributed by atoms with van der Waals surface area (Å²) in [4.78, 5) is 36.4. The van der Waals surface area contributed by atoms with Crippen LogP contribution in [0.5, 0.6) is 0 Å². The highest BCUT2D eigenvalue weighted by atomic mass is 79.9. The number of methoxy groups -OCH3 is 1. The average Bonchev–Trinajstić information content (AvgIpc) is 3.31. The maximum Gasteiger partial charge on any atom is 0.407 e. The van der Waals surface area contributed by atoms with Gasteiger partial charge in [0.1, 0.15) is 16.1 Å². The molecule has 33 heavy (non-hydrogen) atoms. The second-order valence-electron chi connectivity index (χ2n) is 8.67. The van der Waals surface area contributed by atoms with Crippen LogP contribution in [-0.4, -0.2) is 36.5 Å². The molecule has 0 atom stereocenters. The quantitative estimate of drug-likeness (QED) is 0.337. The monoisotopic (exact) mass is 562 g/mol. The molecule has 2 N–H and O–H groups in total. The summed E-state index contributed by atoms with van der Waals surface area (Å²) in [6, 6.07) is 7.36. The average molecular weight is 564 g/mol. The highest BCUT2D eigenvalue weighted by Gasteiger charge is 2.17. The van der Waals surface area contributed by atoms with Crippen LogP contribution < -0.4 is 10.6 Å². The lowest BCUT2D eigenvalue weighted by Crippen LogP contribution is -2.31. The molecule has 0 spiro atoms. The van der Waals surface area contributed by atoms with E-state index < -0.39 is 17.3 Å². The van der Waals surface area contributed by atoms with Crippen LogP contribution in [0.4, 0.5) is 9.59 Å². The number of alkyl carbamates (subject to hydrolysis) is 2. The van der Waals surface area contributed by atoms with Crippen LogP contribution in [0.25, 0.3) is 0 Å². The first kappa shape index (κ1) is 28.9. The van der Waals surface area contributed by atoms with Crippen molar-refractivity contribution >= 4 is 56.8 Å². The van der Waals surface area contributed by atoms with Gasteiger partial charge in [0.25, 0.3) is 0 Å². The Bertz CT molecular complexity index is 928. The number of rotatable bonds is 5. The number of thiophene rings is 2. The summed E-state index contributed by atoms with van der Waals surface area (Å²) < 4.78 is 15.9. The third-order valence-electron chi connectivity index (χ3n) is 3.29. The van der Waals surface area contributed by atoms with Gasteiger partial charge >= 0.3 is 18.2 Å². The molecule has 0 fully saturated rings. The lowest BCUT2D eigenvalue weighted by molar-refractivity contribution is 0.0512. The van der Waals surface area contributed by atoms with Crippen molar-refractivity contribution < 1.29 is 28.6 Å². The maximum absolute atomic E-state index is 11.4. The molecule has 2 amide bonds. The lowest BCUT2D eigenvalue weighted by atomic mass is 10.2. The summed E-state index contributed by atoms with van der Waals surface area (Å²) in [5.74, 6) is -0.372. The van der Waals surface area contributed by atoms with Crippen LogP contribution >= 0.6 is 38.6 Å². The second-order valence-corrected chi connectivity index (χ2v) is 12.4. The first-order valence-corrected chi connectivity index (χ1v) is 12.5. The zero-order valence-corrected chi connectivity index (χ0v) is 23.1. The number of nitrogens with one attached hydrogen (secondary N) is 2. The number of hydrogen-bond acceptors (Lipinski definition) is 8. The van der Waals surface area contributed by atoms with Crippen molar-refractivity contribution in [2.75, 3.05) is 7.11 Å². The normalized spacial score (nSPS) is 11.0. The fourth-order valence-electron chi connectivity index (χ4n) is 2.08. The number of esters is 1.